The van der Waals surface area contributed by atoms with Crippen LogP contribution in [-0.2, 0) is 17.6 Å². The summed E-state index contributed by atoms with van der Waals surface area (Å²) in [6, 6.07) is 15.9. The lowest BCUT2D eigenvalue weighted by atomic mass is 10.1. The molecule has 4 nitrogen and oxygen atoms in total. The number of amides is 1. The number of aromatic nitrogens is 1. The number of benzene rings is 2. The highest BCUT2D eigenvalue weighted by Crippen LogP contribution is 2.25. The van der Waals surface area contributed by atoms with Gasteiger partial charge >= 0.3 is 0 Å². The zero-order chi connectivity index (χ0) is 18.1. The highest BCUT2D eigenvalue weighted by atomic mass is 16.3. The number of para-hydroxylation sites is 1. The number of carbonyl (C=O) groups is 1. The monoisotopic (exact) mass is 344 g/mol. The zero-order valence-corrected chi connectivity index (χ0v) is 14.9. The molecule has 1 N–H and O–H groups in total. The Balaban J connectivity index is 1.62. The van der Waals surface area contributed by atoms with Gasteiger partial charge in [-0.3, -0.25) is 9.78 Å². The van der Waals surface area contributed by atoms with E-state index >= 15 is 0 Å². The molecule has 2 aromatic heterocycles. The van der Waals surface area contributed by atoms with Gasteiger partial charge in [-0.05, 0) is 43.2 Å². The quantitative estimate of drug-likeness (QED) is 0.565. The number of pyridine rings is 1. The lowest BCUT2D eigenvalue weighted by molar-refractivity contribution is -0.115. The highest BCUT2D eigenvalue weighted by Gasteiger charge is 2.13. The predicted octanol–water partition coefficient (Wildman–Crippen LogP) is 5.03. The van der Waals surface area contributed by atoms with E-state index < -0.39 is 0 Å². The summed E-state index contributed by atoms with van der Waals surface area (Å²) in [6.45, 7) is 4.04. The maximum atomic E-state index is 12.7. The first-order chi connectivity index (χ1) is 12.6. The van der Waals surface area contributed by atoms with Crippen LogP contribution in [-0.4, -0.2) is 10.9 Å². The maximum Gasteiger partial charge on any atom is 0.228 e. The largest absolute Gasteiger partial charge is 0.464 e. The van der Waals surface area contributed by atoms with E-state index in [1.165, 1.54) is 5.56 Å². The molecule has 0 aliphatic heterocycles. The Labute approximate surface area is 151 Å². The number of rotatable bonds is 4. The van der Waals surface area contributed by atoms with Crippen molar-refractivity contribution >= 4 is 33.5 Å². The molecule has 0 aliphatic carbocycles. The van der Waals surface area contributed by atoms with Crippen molar-refractivity contribution in [2.45, 2.75) is 26.7 Å². The van der Waals surface area contributed by atoms with Crippen LogP contribution in [0.1, 0.15) is 23.7 Å². The van der Waals surface area contributed by atoms with E-state index in [1.807, 2.05) is 43.3 Å². The fraction of sp³-hybridized carbons (Fsp3) is 0.182. The first-order valence-corrected chi connectivity index (χ1v) is 8.79. The van der Waals surface area contributed by atoms with Gasteiger partial charge in [0.05, 0.1) is 23.9 Å². The second-order valence-electron chi connectivity index (χ2n) is 6.50. The third kappa shape index (κ3) is 3.06. The number of anilines is 1. The van der Waals surface area contributed by atoms with Crippen LogP contribution in [0.15, 0.2) is 59.2 Å². The first-order valence-electron chi connectivity index (χ1n) is 8.79. The lowest BCUT2D eigenvalue weighted by Crippen LogP contribution is -2.14. The Kier molecular flexibility index (Phi) is 4.17. The summed E-state index contributed by atoms with van der Waals surface area (Å²) in [6.07, 6.45) is 2.91. The highest BCUT2D eigenvalue weighted by molar-refractivity contribution is 6.02. The van der Waals surface area contributed by atoms with Gasteiger partial charge in [0.25, 0.3) is 0 Å². The lowest BCUT2D eigenvalue weighted by Gasteiger charge is -2.09. The van der Waals surface area contributed by atoms with Crippen molar-refractivity contribution in [2.24, 2.45) is 0 Å². The Bertz CT molecular complexity index is 1110. The van der Waals surface area contributed by atoms with Gasteiger partial charge in [-0.2, -0.15) is 0 Å². The van der Waals surface area contributed by atoms with Crippen LogP contribution in [0.2, 0.25) is 0 Å². The number of aryl methyl sites for hydroxylation is 2. The molecule has 0 saturated heterocycles. The standard InChI is InChI=1S/C22H20N2O2/c1-3-15-8-9-21-18(11-15)16(13-26-21)12-22(25)24-20-10-14(2)23-19-7-5-4-6-17(19)20/h4-11,13H,3,12H2,1-2H3,(H,23,24,25). The molecule has 2 aromatic carbocycles. The second kappa shape index (κ2) is 6.64. The van der Waals surface area contributed by atoms with E-state index in [1.54, 1.807) is 6.26 Å². The molecular weight excluding hydrogens is 324 g/mol. The van der Waals surface area contributed by atoms with Crippen LogP contribution in [0.25, 0.3) is 21.9 Å². The summed E-state index contributed by atoms with van der Waals surface area (Å²) < 4.78 is 5.60. The maximum absolute atomic E-state index is 12.7. The van der Waals surface area contributed by atoms with Gasteiger partial charge in [-0.1, -0.05) is 31.2 Å². The van der Waals surface area contributed by atoms with Gasteiger partial charge in [0.1, 0.15) is 5.58 Å². The van der Waals surface area contributed by atoms with Gasteiger partial charge in [-0.25, -0.2) is 0 Å². The molecule has 4 rings (SSSR count). The van der Waals surface area contributed by atoms with Gasteiger partial charge in [0.2, 0.25) is 5.91 Å². The molecule has 26 heavy (non-hydrogen) atoms. The van der Waals surface area contributed by atoms with Gasteiger partial charge in [0.15, 0.2) is 0 Å². The molecule has 0 fully saturated rings. The minimum atomic E-state index is -0.0645. The van der Waals surface area contributed by atoms with E-state index in [2.05, 4.69) is 29.4 Å². The number of hydrogen-bond acceptors (Lipinski definition) is 3. The Morgan fingerprint density at radius 3 is 2.81 bits per heavy atom. The summed E-state index contributed by atoms with van der Waals surface area (Å²) in [5.74, 6) is -0.0645. The van der Waals surface area contributed by atoms with Gasteiger partial charge in [-0.15, -0.1) is 0 Å². The smallest absolute Gasteiger partial charge is 0.228 e. The average molecular weight is 344 g/mol. The van der Waals surface area contributed by atoms with E-state index in [0.29, 0.717) is 0 Å². The van der Waals surface area contributed by atoms with Crippen molar-refractivity contribution < 1.29 is 9.21 Å². The van der Waals surface area contributed by atoms with Crippen molar-refractivity contribution in [2.75, 3.05) is 5.32 Å². The van der Waals surface area contributed by atoms with Crippen molar-refractivity contribution in [1.82, 2.24) is 4.98 Å². The average Bonchev–Trinajstić information content (AvgIpc) is 3.03. The number of nitrogens with one attached hydrogen (secondary N) is 1. The molecular formula is C22H20N2O2. The molecule has 0 unspecified atom stereocenters. The summed E-state index contributed by atoms with van der Waals surface area (Å²) in [5, 5.41) is 4.99. The van der Waals surface area contributed by atoms with Gasteiger partial charge < -0.3 is 9.73 Å². The summed E-state index contributed by atoms with van der Waals surface area (Å²) in [7, 11) is 0. The molecule has 0 bridgehead atoms. The van der Waals surface area contributed by atoms with Crippen molar-refractivity contribution in [3.05, 3.63) is 71.6 Å². The molecule has 1 amide bonds. The van der Waals surface area contributed by atoms with Crippen molar-refractivity contribution in [3.63, 3.8) is 0 Å². The second-order valence-corrected chi connectivity index (χ2v) is 6.50. The molecule has 4 heteroatoms. The van der Waals surface area contributed by atoms with Crippen LogP contribution in [0.3, 0.4) is 0 Å². The first kappa shape index (κ1) is 16.3. The zero-order valence-electron chi connectivity index (χ0n) is 14.9. The number of carbonyl (C=O) groups excluding carboxylic acids is 1. The van der Waals surface area contributed by atoms with Crippen LogP contribution in [0.4, 0.5) is 5.69 Å². The molecule has 4 aromatic rings. The van der Waals surface area contributed by atoms with Crippen LogP contribution in [0, 0.1) is 6.92 Å². The fourth-order valence-electron chi connectivity index (χ4n) is 3.26. The predicted molar refractivity (Wildman–Crippen MR) is 104 cm³/mol. The topological polar surface area (TPSA) is 55.1 Å². The Morgan fingerprint density at radius 2 is 1.96 bits per heavy atom. The van der Waals surface area contributed by atoms with E-state index in [-0.39, 0.29) is 12.3 Å². The third-order valence-electron chi connectivity index (χ3n) is 4.60. The third-order valence-corrected chi connectivity index (χ3v) is 4.60. The molecule has 0 atom stereocenters. The minimum absolute atomic E-state index is 0.0645. The normalized spacial score (nSPS) is 11.2. The Hall–Kier alpha value is -3.14. The van der Waals surface area contributed by atoms with Crippen molar-refractivity contribution in [3.8, 4) is 0 Å². The van der Waals surface area contributed by atoms with Crippen LogP contribution < -0.4 is 5.32 Å². The molecule has 2 heterocycles. The summed E-state index contributed by atoms with van der Waals surface area (Å²) >= 11 is 0. The van der Waals surface area contributed by atoms with Gasteiger partial charge in [0, 0.05) is 22.0 Å². The molecule has 0 spiro atoms. The molecule has 0 aliphatic rings. The van der Waals surface area contributed by atoms with Crippen LogP contribution in [0.5, 0.6) is 0 Å². The molecule has 0 radical (unpaired) electrons. The number of furan rings is 1. The minimum Gasteiger partial charge on any atom is -0.464 e. The van der Waals surface area contributed by atoms with E-state index in [0.717, 1.165) is 45.2 Å². The van der Waals surface area contributed by atoms with Crippen LogP contribution >= 0.6 is 0 Å². The number of fused-ring (bicyclic) bond motifs is 2. The van der Waals surface area contributed by atoms with Crippen molar-refractivity contribution in [1.29, 1.82) is 0 Å². The number of nitrogens with zero attached hydrogens (tertiary/aromatic N) is 1. The van der Waals surface area contributed by atoms with E-state index in [9.17, 15) is 4.79 Å². The Morgan fingerprint density at radius 1 is 1.12 bits per heavy atom. The molecule has 0 saturated carbocycles. The number of hydrogen-bond donors (Lipinski definition) is 1. The summed E-state index contributed by atoms with van der Waals surface area (Å²) in [5.41, 5.74) is 5.50. The van der Waals surface area contributed by atoms with E-state index in [4.69, 9.17) is 4.42 Å². The molecule has 130 valence electrons. The SMILES string of the molecule is CCc1ccc2occ(CC(=O)Nc3cc(C)nc4ccccc34)c2c1. The summed E-state index contributed by atoms with van der Waals surface area (Å²) in [4.78, 5) is 17.2. The fourth-order valence-corrected chi connectivity index (χ4v) is 3.26.